The molecule has 0 amide bonds. The van der Waals surface area contributed by atoms with Crippen molar-refractivity contribution in [3.63, 3.8) is 0 Å². The van der Waals surface area contributed by atoms with Crippen molar-refractivity contribution >= 4 is 23.1 Å². The number of thiazole rings is 1. The number of carbonyl (C=O) groups is 1. The predicted octanol–water partition coefficient (Wildman–Crippen LogP) is 2.68. The molecular formula is C16H20N4O2S. The monoisotopic (exact) mass is 332 g/mol. The molecule has 1 aliphatic heterocycles. The van der Waals surface area contributed by atoms with Crippen LogP contribution in [0.2, 0.25) is 0 Å². The Labute approximate surface area is 139 Å². The summed E-state index contributed by atoms with van der Waals surface area (Å²) in [6.07, 6.45) is 1.71. The van der Waals surface area contributed by atoms with Gasteiger partial charge in [0.15, 0.2) is 5.69 Å². The average molecular weight is 332 g/mol. The number of rotatable bonds is 3. The average Bonchev–Trinajstić information content (AvgIpc) is 2.93. The normalized spacial score (nSPS) is 18.0. The second kappa shape index (κ2) is 6.62. The smallest absolute Gasteiger partial charge is 0.358 e. The molecule has 1 aliphatic rings. The van der Waals surface area contributed by atoms with Gasteiger partial charge in [0, 0.05) is 23.7 Å². The molecular weight excluding hydrogens is 312 g/mol. The van der Waals surface area contributed by atoms with E-state index in [1.54, 1.807) is 5.38 Å². The predicted molar refractivity (Wildman–Crippen MR) is 89.0 cm³/mol. The Morgan fingerprint density at radius 2 is 2.13 bits per heavy atom. The third-order valence-electron chi connectivity index (χ3n) is 3.76. The van der Waals surface area contributed by atoms with Gasteiger partial charge >= 0.3 is 5.97 Å². The van der Waals surface area contributed by atoms with E-state index >= 15 is 0 Å². The molecule has 3 rings (SSSR count). The minimum atomic E-state index is -0.337. The molecule has 7 heteroatoms. The molecule has 0 saturated carbocycles. The maximum Gasteiger partial charge on any atom is 0.358 e. The molecule has 6 nitrogen and oxygen atoms in total. The molecule has 122 valence electrons. The molecule has 1 fully saturated rings. The van der Waals surface area contributed by atoms with E-state index in [2.05, 4.69) is 19.9 Å². The minimum Gasteiger partial charge on any atom is -0.456 e. The van der Waals surface area contributed by atoms with Gasteiger partial charge in [0.2, 0.25) is 0 Å². The summed E-state index contributed by atoms with van der Waals surface area (Å²) in [6.45, 7) is 7.31. The molecule has 2 aromatic rings. The number of hydrogen-bond donors (Lipinski definition) is 0. The van der Waals surface area contributed by atoms with Gasteiger partial charge in [-0.15, -0.1) is 11.3 Å². The number of aromatic nitrogens is 3. The van der Waals surface area contributed by atoms with E-state index in [1.807, 2.05) is 26.8 Å². The van der Waals surface area contributed by atoms with Gasteiger partial charge in [-0.1, -0.05) is 0 Å². The summed E-state index contributed by atoms with van der Waals surface area (Å²) in [5, 5.41) is 2.62. The van der Waals surface area contributed by atoms with Gasteiger partial charge in [-0.25, -0.2) is 19.7 Å². The molecule has 1 atom stereocenters. The van der Waals surface area contributed by atoms with Crippen LogP contribution in [-0.4, -0.2) is 40.1 Å². The molecule has 0 N–H and O–H groups in total. The van der Waals surface area contributed by atoms with Crippen LogP contribution in [-0.2, 0) is 4.74 Å². The second-order valence-electron chi connectivity index (χ2n) is 5.78. The maximum absolute atomic E-state index is 12.2. The standard InChI is InChI=1S/C16H20N4O2S/c1-10-7-15(18-11(2)17-10)20-6-4-5-13(8-20)22-16(21)14-9-23-12(3)19-14/h7,9,13H,4-6,8H2,1-3H3. The Morgan fingerprint density at radius 1 is 1.30 bits per heavy atom. The molecule has 0 aromatic carbocycles. The third kappa shape index (κ3) is 3.85. The van der Waals surface area contributed by atoms with E-state index in [0.29, 0.717) is 12.2 Å². The summed E-state index contributed by atoms with van der Waals surface area (Å²) >= 11 is 1.46. The lowest BCUT2D eigenvalue weighted by Crippen LogP contribution is -2.41. The fourth-order valence-electron chi connectivity index (χ4n) is 2.77. The van der Waals surface area contributed by atoms with E-state index in [9.17, 15) is 4.79 Å². The SMILES string of the molecule is Cc1cc(N2CCCC(OC(=O)c3csc(C)n3)C2)nc(C)n1. The van der Waals surface area contributed by atoms with Crippen LogP contribution in [0.25, 0.3) is 0 Å². The number of hydrogen-bond acceptors (Lipinski definition) is 7. The molecule has 2 aromatic heterocycles. The van der Waals surface area contributed by atoms with Gasteiger partial charge in [0.1, 0.15) is 17.7 Å². The Hall–Kier alpha value is -2.02. The zero-order valence-electron chi connectivity index (χ0n) is 13.6. The molecule has 0 bridgehead atoms. The van der Waals surface area contributed by atoms with Crippen molar-refractivity contribution < 1.29 is 9.53 Å². The quantitative estimate of drug-likeness (QED) is 0.805. The van der Waals surface area contributed by atoms with Gasteiger partial charge in [-0.2, -0.15) is 0 Å². The van der Waals surface area contributed by atoms with Gasteiger partial charge in [-0.05, 0) is 33.6 Å². The number of nitrogens with zero attached hydrogens (tertiary/aromatic N) is 4. The molecule has 3 heterocycles. The second-order valence-corrected chi connectivity index (χ2v) is 6.84. The largest absolute Gasteiger partial charge is 0.456 e. The number of aryl methyl sites for hydroxylation is 3. The van der Waals surface area contributed by atoms with Crippen LogP contribution >= 0.6 is 11.3 Å². The van der Waals surface area contributed by atoms with Crippen molar-refractivity contribution in [2.45, 2.75) is 39.7 Å². The highest BCUT2D eigenvalue weighted by atomic mass is 32.1. The van der Waals surface area contributed by atoms with E-state index < -0.39 is 0 Å². The molecule has 1 saturated heterocycles. The summed E-state index contributed by atoms with van der Waals surface area (Å²) in [7, 11) is 0. The Bertz CT molecular complexity index is 696. The summed E-state index contributed by atoms with van der Waals surface area (Å²) in [4.78, 5) is 27.3. The van der Waals surface area contributed by atoms with Crippen molar-refractivity contribution in [1.29, 1.82) is 0 Å². The highest BCUT2D eigenvalue weighted by Gasteiger charge is 2.25. The third-order valence-corrected chi connectivity index (χ3v) is 4.53. The molecule has 0 spiro atoms. The topological polar surface area (TPSA) is 68.2 Å². The van der Waals surface area contributed by atoms with Crippen molar-refractivity contribution in [2.75, 3.05) is 18.0 Å². The number of piperidine rings is 1. The lowest BCUT2D eigenvalue weighted by Gasteiger charge is -2.33. The first kappa shape index (κ1) is 15.9. The first-order chi connectivity index (χ1) is 11.0. The summed E-state index contributed by atoms with van der Waals surface area (Å²) in [5.41, 5.74) is 1.35. The maximum atomic E-state index is 12.2. The Kier molecular flexibility index (Phi) is 4.56. The lowest BCUT2D eigenvalue weighted by atomic mass is 10.1. The number of esters is 1. The number of ether oxygens (including phenoxy) is 1. The minimum absolute atomic E-state index is 0.131. The molecule has 0 aliphatic carbocycles. The van der Waals surface area contributed by atoms with Crippen LogP contribution < -0.4 is 4.90 Å². The van der Waals surface area contributed by atoms with Crippen molar-refractivity contribution in [1.82, 2.24) is 15.0 Å². The van der Waals surface area contributed by atoms with Crippen molar-refractivity contribution in [2.24, 2.45) is 0 Å². The van der Waals surface area contributed by atoms with Crippen LogP contribution in [0.5, 0.6) is 0 Å². The van der Waals surface area contributed by atoms with Crippen LogP contribution in [0.15, 0.2) is 11.4 Å². The molecule has 23 heavy (non-hydrogen) atoms. The van der Waals surface area contributed by atoms with Crippen LogP contribution in [0.4, 0.5) is 5.82 Å². The van der Waals surface area contributed by atoms with Gasteiger partial charge in [0.25, 0.3) is 0 Å². The lowest BCUT2D eigenvalue weighted by molar-refractivity contribution is 0.0263. The fourth-order valence-corrected chi connectivity index (χ4v) is 3.35. The van der Waals surface area contributed by atoms with Crippen molar-refractivity contribution in [3.8, 4) is 0 Å². The number of carbonyl (C=O) groups excluding carboxylic acids is 1. The fraction of sp³-hybridized carbons (Fsp3) is 0.500. The summed E-state index contributed by atoms with van der Waals surface area (Å²) in [5.74, 6) is 1.33. The van der Waals surface area contributed by atoms with E-state index in [1.165, 1.54) is 11.3 Å². The highest BCUT2D eigenvalue weighted by Crippen LogP contribution is 2.21. The first-order valence-electron chi connectivity index (χ1n) is 7.71. The van der Waals surface area contributed by atoms with Crippen LogP contribution in [0.1, 0.15) is 39.9 Å². The highest BCUT2D eigenvalue weighted by molar-refractivity contribution is 7.09. The van der Waals surface area contributed by atoms with E-state index in [0.717, 1.165) is 41.7 Å². The Balaban J connectivity index is 1.67. The molecule has 1 unspecified atom stereocenters. The van der Waals surface area contributed by atoms with Crippen LogP contribution in [0.3, 0.4) is 0 Å². The van der Waals surface area contributed by atoms with Gasteiger partial charge in [-0.3, -0.25) is 0 Å². The zero-order valence-corrected chi connectivity index (χ0v) is 14.4. The molecule has 0 radical (unpaired) electrons. The van der Waals surface area contributed by atoms with E-state index in [4.69, 9.17) is 4.74 Å². The Morgan fingerprint density at radius 3 is 2.83 bits per heavy atom. The van der Waals surface area contributed by atoms with Gasteiger partial charge in [0.05, 0.1) is 11.6 Å². The summed E-state index contributed by atoms with van der Waals surface area (Å²) in [6, 6.07) is 1.97. The summed E-state index contributed by atoms with van der Waals surface area (Å²) < 4.78 is 5.62. The van der Waals surface area contributed by atoms with Gasteiger partial charge < -0.3 is 9.64 Å². The first-order valence-corrected chi connectivity index (χ1v) is 8.59. The van der Waals surface area contributed by atoms with Crippen molar-refractivity contribution in [3.05, 3.63) is 33.7 Å². The number of anilines is 1. The van der Waals surface area contributed by atoms with E-state index in [-0.39, 0.29) is 12.1 Å². The zero-order chi connectivity index (χ0) is 16.4. The van der Waals surface area contributed by atoms with Crippen LogP contribution in [0, 0.1) is 20.8 Å².